The molecule has 6 heteroatoms. The van der Waals surface area contributed by atoms with Gasteiger partial charge in [-0.25, -0.2) is 0 Å². The van der Waals surface area contributed by atoms with Gasteiger partial charge in [0.1, 0.15) is 0 Å². The molecule has 1 rings (SSSR count). The van der Waals surface area contributed by atoms with Gasteiger partial charge in [-0.05, 0) is 9.86 Å². The fourth-order valence-corrected chi connectivity index (χ4v) is 1.02. The van der Waals surface area contributed by atoms with E-state index in [1.807, 2.05) is 0 Å². The third-order valence-electron chi connectivity index (χ3n) is 1.45. The fraction of sp³-hybridized carbons (Fsp3) is 0.714. The van der Waals surface area contributed by atoms with Crippen LogP contribution in [-0.4, -0.2) is 33.5 Å². The maximum absolute atomic E-state index is 8.68. The highest BCUT2D eigenvalue weighted by Crippen LogP contribution is 2.02. The molecule has 0 unspecified atom stereocenters. The molecule has 1 heterocycles. The molecule has 5 nitrogen and oxygen atoms in total. The zero-order chi connectivity index (χ0) is 10.3. The van der Waals surface area contributed by atoms with E-state index in [1.54, 1.807) is 0 Å². The third kappa shape index (κ3) is 8.28. The van der Waals surface area contributed by atoms with Crippen LogP contribution >= 0.6 is 0 Å². The molecule has 0 aromatic rings. The van der Waals surface area contributed by atoms with Gasteiger partial charge < -0.3 is 16.7 Å². The minimum Gasteiger partial charge on any atom is -0.396 e. The highest BCUT2D eigenvalue weighted by atomic mass is 127. The van der Waals surface area contributed by atoms with Crippen molar-refractivity contribution in [3.63, 3.8) is 0 Å². The molecule has 0 atom stereocenters. The summed E-state index contributed by atoms with van der Waals surface area (Å²) < 4.78 is 24.5. The van der Waals surface area contributed by atoms with Gasteiger partial charge in [-0.15, -0.1) is 0 Å². The van der Waals surface area contributed by atoms with Crippen molar-refractivity contribution < 1.29 is 31.4 Å². The van der Waals surface area contributed by atoms with E-state index in [-0.39, 0.29) is 0 Å². The highest BCUT2D eigenvalue weighted by molar-refractivity contribution is 4.87. The van der Waals surface area contributed by atoms with Crippen LogP contribution in [0.2, 0.25) is 0 Å². The van der Waals surface area contributed by atoms with E-state index in [0.717, 1.165) is 6.67 Å². The minimum absolute atomic E-state index is 1.06. The second-order valence-corrected chi connectivity index (χ2v) is 3.86. The largest absolute Gasteiger partial charge is 0.503 e. The maximum atomic E-state index is 8.68. The van der Waals surface area contributed by atoms with Gasteiger partial charge in [0.2, 0.25) is 0 Å². The van der Waals surface area contributed by atoms with Gasteiger partial charge in [0, 0.05) is 26.0 Å². The Bertz CT molecular complexity index is 152. The van der Waals surface area contributed by atoms with Crippen LogP contribution in [0.4, 0.5) is 0 Å². The lowest BCUT2D eigenvalue weighted by Gasteiger charge is -2.16. The molecular weight excluding hydrogens is 287 g/mol. The smallest absolute Gasteiger partial charge is 0.396 e. The fourth-order valence-electron chi connectivity index (χ4n) is 1.02. The van der Waals surface area contributed by atoms with Crippen LogP contribution in [0.3, 0.4) is 0 Å². The topological polar surface area (TPSA) is 72.8 Å². The van der Waals surface area contributed by atoms with E-state index in [4.69, 9.17) is 10.3 Å². The van der Waals surface area contributed by atoms with Crippen molar-refractivity contribution in [2.24, 2.45) is 0 Å². The molecule has 0 aliphatic carbocycles. The van der Waals surface area contributed by atoms with Crippen molar-refractivity contribution in [3.8, 4) is 0 Å². The number of halogens is 1. The third-order valence-corrected chi connectivity index (χ3v) is 1.45. The zero-order valence-electron chi connectivity index (χ0n) is 7.81. The molecule has 1 aliphatic heterocycles. The molecule has 0 aromatic carbocycles. The van der Waals surface area contributed by atoms with Gasteiger partial charge in [-0.2, -0.15) is 0 Å². The molecule has 0 bridgehead atoms. The molecule has 0 fully saturated rings. The van der Waals surface area contributed by atoms with Crippen LogP contribution in [-0.2, 0) is 0 Å². The van der Waals surface area contributed by atoms with Crippen molar-refractivity contribution >= 4 is 0 Å². The monoisotopic (exact) mass is 302 g/mol. The van der Waals surface area contributed by atoms with Crippen LogP contribution in [0.15, 0.2) is 12.4 Å². The summed E-state index contributed by atoms with van der Waals surface area (Å²) in [5, 5.41) is 0. The van der Waals surface area contributed by atoms with Crippen molar-refractivity contribution in [2.75, 3.05) is 20.3 Å². The van der Waals surface area contributed by atoms with Crippen molar-refractivity contribution in [3.05, 3.63) is 12.4 Å². The molecule has 0 spiro atoms. The first kappa shape index (κ1) is 12.9. The number of nitrogens with zero attached hydrogens (tertiary/aromatic N) is 2. The SMILES string of the molecule is CCCN1C=CN(C)C1.[O-][I+2]([O-])O. The molecule has 13 heavy (non-hydrogen) atoms. The Balaban J connectivity index is 0.000000310. The first-order valence-electron chi connectivity index (χ1n) is 3.93. The standard InChI is InChI=1S/C7H14N2.HIO3/c1-3-4-9-6-5-8(2)7-9;2-1(3)4/h5-6H,3-4,7H2,1-2H3;2H. The van der Waals surface area contributed by atoms with Gasteiger partial charge in [-0.1, -0.05) is 6.92 Å². The first-order valence-corrected chi connectivity index (χ1v) is 6.66. The Morgan fingerprint density at radius 3 is 2.31 bits per heavy atom. The molecule has 0 radical (unpaired) electrons. The summed E-state index contributed by atoms with van der Waals surface area (Å²) in [5.74, 6) is 0. The van der Waals surface area contributed by atoms with Crippen molar-refractivity contribution in [1.82, 2.24) is 9.80 Å². The summed E-state index contributed by atoms with van der Waals surface area (Å²) in [5.41, 5.74) is 0. The quantitative estimate of drug-likeness (QED) is 0.518. The summed E-state index contributed by atoms with van der Waals surface area (Å²) in [7, 11) is 2.09. The first-order chi connectivity index (χ1) is 6.06. The van der Waals surface area contributed by atoms with Crippen LogP contribution in [0, 0.1) is 0 Å². The second kappa shape index (κ2) is 7.36. The number of rotatable bonds is 2. The molecule has 78 valence electrons. The maximum Gasteiger partial charge on any atom is 0.503 e. The Labute approximate surface area is 87.3 Å². The van der Waals surface area contributed by atoms with Gasteiger partial charge in [0.15, 0.2) is 0 Å². The Hall–Kier alpha value is -0.0500. The Morgan fingerprint density at radius 1 is 1.46 bits per heavy atom. The molecule has 1 N–H and O–H groups in total. The van der Waals surface area contributed by atoms with Crippen LogP contribution < -0.4 is 27.9 Å². The minimum atomic E-state index is -3.76. The van der Waals surface area contributed by atoms with Crippen LogP contribution in [0.1, 0.15) is 13.3 Å². The van der Waals surface area contributed by atoms with Gasteiger partial charge in [0.25, 0.3) is 0 Å². The number of hydrogen-bond donors (Lipinski definition) is 1. The highest BCUT2D eigenvalue weighted by Gasteiger charge is 2.04. The van der Waals surface area contributed by atoms with Gasteiger partial charge in [0.05, 0.1) is 6.67 Å². The molecule has 0 saturated carbocycles. The van der Waals surface area contributed by atoms with Crippen molar-refractivity contribution in [2.45, 2.75) is 13.3 Å². The summed E-state index contributed by atoms with van der Waals surface area (Å²) in [4.78, 5) is 4.48. The summed E-state index contributed by atoms with van der Waals surface area (Å²) in [6.45, 7) is 4.45. The molecule has 0 aromatic heterocycles. The van der Waals surface area contributed by atoms with Gasteiger partial charge >= 0.3 is 21.1 Å². The normalized spacial score (nSPS) is 14.9. The Morgan fingerprint density at radius 2 is 2.00 bits per heavy atom. The van der Waals surface area contributed by atoms with E-state index in [9.17, 15) is 0 Å². The predicted molar refractivity (Wildman–Crippen MR) is 41.0 cm³/mol. The van der Waals surface area contributed by atoms with Gasteiger partial charge in [-0.3, -0.25) is 0 Å². The molecule has 0 amide bonds. The second-order valence-electron chi connectivity index (χ2n) is 2.71. The van der Waals surface area contributed by atoms with E-state index in [0.29, 0.717) is 0 Å². The zero-order valence-corrected chi connectivity index (χ0v) is 9.97. The molecule has 0 saturated heterocycles. The van der Waals surface area contributed by atoms with E-state index < -0.39 is 21.1 Å². The summed E-state index contributed by atoms with van der Waals surface area (Å²) in [6.07, 6.45) is 5.48. The summed E-state index contributed by atoms with van der Waals surface area (Å²) >= 11 is -3.76. The Kier molecular flexibility index (Phi) is 7.33. The van der Waals surface area contributed by atoms with E-state index in [2.05, 4.69) is 36.2 Å². The number of hydrogen-bond acceptors (Lipinski definition) is 5. The average molecular weight is 302 g/mol. The summed E-state index contributed by atoms with van der Waals surface area (Å²) in [6, 6.07) is 0. The molecule has 1 aliphatic rings. The lowest BCUT2D eigenvalue weighted by molar-refractivity contribution is -1.63. The van der Waals surface area contributed by atoms with E-state index >= 15 is 0 Å². The van der Waals surface area contributed by atoms with Crippen LogP contribution in [0.25, 0.3) is 0 Å². The average Bonchev–Trinajstić information content (AvgIpc) is 2.35. The lowest BCUT2D eigenvalue weighted by atomic mass is 10.4. The van der Waals surface area contributed by atoms with E-state index in [1.165, 1.54) is 13.0 Å². The lowest BCUT2D eigenvalue weighted by Crippen LogP contribution is -3.98. The van der Waals surface area contributed by atoms with Crippen LogP contribution in [0.5, 0.6) is 0 Å². The predicted octanol–water partition coefficient (Wildman–Crippen LogP) is -4.86. The molecular formula is C7H15IN2O3. The van der Waals surface area contributed by atoms with Crippen molar-refractivity contribution in [1.29, 1.82) is 0 Å².